The van der Waals surface area contributed by atoms with E-state index in [1.165, 1.54) is 11.3 Å². The predicted molar refractivity (Wildman–Crippen MR) is 68.2 cm³/mol. The Morgan fingerprint density at radius 3 is 2.21 bits per heavy atom. The fourth-order valence-electron chi connectivity index (χ4n) is 1.05. The molecule has 0 aromatic heterocycles. The number of nitrogens with zero attached hydrogens (tertiary/aromatic N) is 1. The maximum atomic E-state index is 2.23. The van der Waals surface area contributed by atoms with E-state index in [0.717, 1.165) is 6.54 Å². The summed E-state index contributed by atoms with van der Waals surface area (Å²) in [7, 11) is 2.11. The highest BCUT2D eigenvalue weighted by Gasteiger charge is 1.95. The summed E-state index contributed by atoms with van der Waals surface area (Å²) in [6, 6.07) is 8.55. The summed E-state index contributed by atoms with van der Waals surface area (Å²) < 4.78 is 0. The minimum atomic E-state index is 0. The van der Waals surface area contributed by atoms with Crippen molar-refractivity contribution in [2.45, 2.75) is 35.1 Å². The van der Waals surface area contributed by atoms with Crippen molar-refractivity contribution in [3.8, 4) is 0 Å². The van der Waals surface area contributed by atoms with Crippen LogP contribution in [0.2, 0.25) is 0 Å². The van der Waals surface area contributed by atoms with Crippen molar-refractivity contribution in [2.24, 2.45) is 0 Å². The van der Waals surface area contributed by atoms with Gasteiger partial charge in [-0.2, -0.15) is 0 Å². The van der Waals surface area contributed by atoms with Crippen LogP contribution in [0, 0.1) is 6.92 Å². The average Bonchev–Trinajstić information content (AvgIpc) is 2.20. The molecule has 0 saturated carbocycles. The van der Waals surface area contributed by atoms with E-state index in [4.69, 9.17) is 0 Å². The zero-order valence-corrected chi connectivity index (χ0v) is 9.46. The van der Waals surface area contributed by atoms with Gasteiger partial charge in [-0.05, 0) is 31.5 Å². The van der Waals surface area contributed by atoms with E-state index >= 15 is 0 Å². The maximum Gasteiger partial charge on any atom is 0.0366 e. The van der Waals surface area contributed by atoms with Crippen LogP contribution in [0.1, 0.15) is 33.8 Å². The van der Waals surface area contributed by atoms with E-state index in [0.29, 0.717) is 0 Å². The Balaban J connectivity index is 0. The van der Waals surface area contributed by atoms with Crippen LogP contribution in [0.3, 0.4) is 0 Å². The minimum absolute atomic E-state index is 0. The lowest BCUT2D eigenvalue weighted by molar-refractivity contribution is 0.967. The number of hydrogen-bond acceptors (Lipinski definition) is 1. The van der Waals surface area contributed by atoms with Gasteiger partial charge in [0.15, 0.2) is 0 Å². The Morgan fingerprint density at radius 1 is 1.21 bits per heavy atom. The van der Waals surface area contributed by atoms with Crippen molar-refractivity contribution in [1.29, 1.82) is 0 Å². The summed E-state index contributed by atoms with van der Waals surface area (Å²) in [6.07, 6.45) is 0. The second-order valence-corrected chi connectivity index (χ2v) is 2.85. The van der Waals surface area contributed by atoms with Gasteiger partial charge in [-0.1, -0.05) is 33.4 Å². The van der Waals surface area contributed by atoms with E-state index in [-0.39, 0.29) is 7.43 Å². The molecule has 1 aromatic rings. The molecule has 0 spiro atoms. The number of anilines is 1. The first kappa shape index (κ1) is 15.5. The van der Waals surface area contributed by atoms with Crippen LogP contribution in [-0.4, -0.2) is 13.6 Å². The zero-order valence-electron chi connectivity index (χ0n) is 9.46. The summed E-state index contributed by atoms with van der Waals surface area (Å²) in [5, 5.41) is 0. The fourth-order valence-corrected chi connectivity index (χ4v) is 1.05. The van der Waals surface area contributed by atoms with Crippen LogP contribution in [0.4, 0.5) is 5.69 Å². The van der Waals surface area contributed by atoms with Crippen molar-refractivity contribution in [3.63, 3.8) is 0 Å². The van der Waals surface area contributed by atoms with Gasteiger partial charge in [-0.25, -0.2) is 0 Å². The third-order valence-corrected chi connectivity index (χ3v) is 1.92. The molecule has 0 heterocycles. The molecule has 0 aliphatic carbocycles. The molecule has 0 aliphatic heterocycles. The molecule has 0 fully saturated rings. The van der Waals surface area contributed by atoms with E-state index in [1.54, 1.807) is 0 Å². The lowest BCUT2D eigenvalue weighted by Gasteiger charge is -2.16. The summed E-state index contributed by atoms with van der Waals surface area (Å²) in [5.74, 6) is 0. The summed E-state index contributed by atoms with van der Waals surface area (Å²) in [5.41, 5.74) is 2.62. The Morgan fingerprint density at radius 2 is 1.79 bits per heavy atom. The highest BCUT2D eigenvalue weighted by atomic mass is 15.1. The van der Waals surface area contributed by atoms with Crippen LogP contribution in [0.5, 0.6) is 0 Å². The molecule has 1 aromatic carbocycles. The smallest absolute Gasteiger partial charge is 0.0366 e. The second-order valence-electron chi connectivity index (χ2n) is 2.85. The maximum absolute atomic E-state index is 2.23. The first-order chi connectivity index (χ1) is 6.24. The molecule has 1 nitrogen and oxygen atoms in total. The number of rotatable bonds is 2. The van der Waals surface area contributed by atoms with Crippen molar-refractivity contribution >= 4 is 5.69 Å². The largest absolute Gasteiger partial charge is 0.375 e. The normalized spacial score (nSPS) is 8.07. The van der Waals surface area contributed by atoms with Crippen LogP contribution in [-0.2, 0) is 0 Å². The van der Waals surface area contributed by atoms with Crippen LogP contribution < -0.4 is 4.90 Å². The molecular formula is C13H25N. The third kappa shape index (κ3) is 4.90. The monoisotopic (exact) mass is 195 g/mol. The quantitative estimate of drug-likeness (QED) is 0.686. The molecule has 0 aliphatic rings. The lowest BCUT2D eigenvalue weighted by Crippen LogP contribution is -2.15. The first-order valence-corrected chi connectivity index (χ1v) is 5.02. The molecule has 1 heteroatoms. The van der Waals surface area contributed by atoms with Gasteiger partial charge in [0.1, 0.15) is 0 Å². The fraction of sp³-hybridized carbons (Fsp3) is 0.538. The van der Waals surface area contributed by atoms with Crippen LogP contribution in [0.25, 0.3) is 0 Å². The molecule has 1 rings (SSSR count). The summed E-state index contributed by atoms with van der Waals surface area (Å²) in [6.45, 7) is 9.33. The molecule has 0 saturated heterocycles. The van der Waals surface area contributed by atoms with Gasteiger partial charge in [-0.15, -0.1) is 0 Å². The minimum Gasteiger partial charge on any atom is -0.375 e. The Labute approximate surface area is 89.8 Å². The van der Waals surface area contributed by atoms with Gasteiger partial charge < -0.3 is 4.90 Å². The van der Waals surface area contributed by atoms with E-state index in [9.17, 15) is 0 Å². The van der Waals surface area contributed by atoms with E-state index in [1.807, 2.05) is 13.8 Å². The molecular weight excluding hydrogens is 170 g/mol. The molecule has 0 radical (unpaired) electrons. The molecule has 0 N–H and O–H groups in total. The molecule has 0 atom stereocenters. The third-order valence-electron chi connectivity index (χ3n) is 1.92. The molecule has 14 heavy (non-hydrogen) atoms. The van der Waals surface area contributed by atoms with Crippen molar-refractivity contribution < 1.29 is 0 Å². The van der Waals surface area contributed by atoms with Crippen LogP contribution >= 0.6 is 0 Å². The average molecular weight is 195 g/mol. The summed E-state index contributed by atoms with van der Waals surface area (Å²) in [4.78, 5) is 2.23. The Hall–Kier alpha value is -0.980. The number of aryl methyl sites for hydroxylation is 1. The van der Waals surface area contributed by atoms with Crippen molar-refractivity contribution in [3.05, 3.63) is 29.8 Å². The standard InChI is InChI=1S/C10H15N.C2H6.CH4/c1-4-11(3)10-7-5-6-9(2)8-10;1-2;/h5-8H,4H2,1-3H3;1-2H3;1H4. The topological polar surface area (TPSA) is 3.24 Å². The molecule has 82 valence electrons. The molecule has 0 amide bonds. The molecule has 0 bridgehead atoms. The van der Waals surface area contributed by atoms with E-state index < -0.39 is 0 Å². The van der Waals surface area contributed by atoms with Crippen LogP contribution in [0.15, 0.2) is 24.3 Å². The highest BCUT2D eigenvalue weighted by molar-refractivity contribution is 5.47. The highest BCUT2D eigenvalue weighted by Crippen LogP contribution is 2.13. The molecule has 0 unspecified atom stereocenters. The Bertz CT molecular complexity index is 230. The SMILES string of the molecule is C.CC.CCN(C)c1cccc(C)c1. The zero-order chi connectivity index (χ0) is 10.3. The number of benzene rings is 1. The lowest BCUT2D eigenvalue weighted by atomic mass is 10.2. The van der Waals surface area contributed by atoms with Gasteiger partial charge in [0, 0.05) is 19.3 Å². The Kier molecular flexibility index (Phi) is 9.53. The van der Waals surface area contributed by atoms with Crippen molar-refractivity contribution in [1.82, 2.24) is 0 Å². The van der Waals surface area contributed by atoms with E-state index in [2.05, 4.69) is 50.1 Å². The van der Waals surface area contributed by atoms with Gasteiger partial charge in [0.05, 0.1) is 0 Å². The predicted octanol–water partition coefficient (Wildman–Crippen LogP) is 4.11. The van der Waals surface area contributed by atoms with Crippen molar-refractivity contribution in [2.75, 3.05) is 18.5 Å². The summed E-state index contributed by atoms with van der Waals surface area (Å²) >= 11 is 0. The number of hydrogen-bond donors (Lipinski definition) is 0. The second kappa shape index (κ2) is 8.61. The van der Waals surface area contributed by atoms with Gasteiger partial charge in [-0.3, -0.25) is 0 Å². The first-order valence-electron chi connectivity index (χ1n) is 5.02. The van der Waals surface area contributed by atoms with Gasteiger partial charge in [0.2, 0.25) is 0 Å². The van der Waals surface area contributed by atoms with Gasteiger partial charge >= 0.3 is 0 Å². The van der Waals surface area contributed by atoms with Gasteiger partial charge in [0.25, 0.3) is 0 Å².